The third-order valence-electron chi connectivity index (χ3n) is 2.59. The molecule has 1 rings (SSSR count). The number of hydrogen-bond acceptors (Lipinski definition) is 9. The van der Waals surface area contributed by atoms with E-state index < -0.39 is 28.9 Å². The monoisotopic (exact) mass is 342 g/mol. The fourth-order valence-electron chi connectivity index (χ4n) is 1.52. The number of aromatic hydroxyl groups is 1. The van der Waals surface area contributed by atoms with Crippen LogP contribution < -0.4 is 0 Å². The van der Waals surface area contributed by atoms with Gasteiger partial charge in [-0.1, -0.05) is 12.1 Å². The number of phenolic OH excluding ortho intramolecular Hbond substituents is 1. The molecule has 1 N–H and O–H groups in total. The molecule has 11 nitrogen and oxygen atoms in total. The van der Waals surface area contributed by atoms with Gasteiger partial charge in [0, 0.05) is 12.5 Å². The molecule has 0 aliphatic heterocycles. The maximum atomic E-state index is 11.5. The minimum atomic E-state index is -1.24. The van der Waals surface area contributed by atoms with Crippen LogP contribution in [0, 0.1) is 20.2 Å². The molecule has 0 spiro atoms. The average molecular weight is 342 g/mol. The van der Waals surface area contributed by atoms with E-state index in [4.69, 9.17) is 9.84 Å². The maximum Gasteiger partial charge on any atom is 0.330 e. The van der Waals surface area contributed by atoms with Crippen LogP contribution in [0.4, 0.5) is 0 Å². The molecule has 0 radical (unpaired) electrons. The van der Waals surface area contributed by atoms with Crippen LogP contribution >= 0.6 is 0 Å². The second-order valence-corrected chi connectivity index (χ2v) is 4.35. The van der Waals surface area contributed by atoms with Gasteiger partial charge in [0.1, 0.15) is 18.5 Å². The van der Waals surface area contributed by atoms with Crippen molar-refractivity contribution in [2.45, 2.75) is 12.5 Å². The molecule has 1 atom stereocenters. The van der Waals surface area contributed by atoms with Gasteiger partial charge in [0.05, 0.1) is 6.61 Å². The highest BCUT2D eigenvalue weighted by Crippen LogP contribution is 2.10. The summed E-state index contributed by atoms with van der Waals surface area (Å²) in [5.74, 6) is -0.623. The van der Waals surface area contributed by atoms with Gasteiger partial charge < -0.3 is 19.5 Å². The van der Waals surface area contributed by atoms with E-state index in [0.717, 1.165) is 6.08 Å². The molecule has 0 aliphatic rings. The number of carbonyl (C=O) groups excluding carboxylic acids is 1. The first-order chi connectivity index (χ1) is 11.4. The Kier molecular flexibility index (Phi) is 7.48. The number of carbonyl (C=O) groups is 1. The van der Waals surface area contributed by atoms with Crippen molar-refractivity contribution in [3.05, 3.63) is 56.1 Å². The van der Waals surface area contributed by atoms with E-state index in [2.05, 4.69) is 9.68 Å². The summed E-state index contributed by atoms with van der Waals surface area (Å²) >= 11 is 0. The highest BCUT2D eigenvalue weighted by molar-refractivity contribution is 5.87. The predicted octanol–water partition coefficient (Wildman–Crippen LogP) is 1.12. The predicted molar refractivity (Wildman–Crippen MR) is 77.5 cm³/mol. The summed E-state index contributed by atoms with van der Waals surface area (Å²) in [6, 6.07) is 6.05. The molecular formula is C13H14N2O9. The molecule has 1 aromatic carbocycles. The normalized spacial score (nSPS) is 11.7. The zero-order valence-electron chi connectivity index (χ0n) is 12.3. The molecule has 0 bridgehead atoms. The molecule has 1 unspecified atom stereocenters. The molecule has 0 saturated heterocycles. The Balaban J connectivity index is 2.39. The molecule has 0 aromatic heterocycles. The van der Waals surface area contributed by atoms with Crippen LogP contribution in [0.25, 0.3) is 6.08 Å². The topological polar surface area (TPSA) is 151 Å². The van der Waals surface area contributed by atoms with Crippen molar-refractivity contribution in [2.24, 2.45) is 0 Å². The number of hydrogen-bond donors (Lipinski definition) is 1. The number of phenols is 1. The second-order valence-electron chi connectivity index (χ2n) is 4.35. The molecule has 11 heteroatoms. The molecule has 0 fully saturated rings. The van der Waals surface area contributed by atoms with Crippen molar-refractivity contribution in [1.29, 1.82) is 0 Å². The number of ether oxygens (including phenoxy) is 1. The van der Waals surface area contributed by atoms with E-state index in [1.807, 2.05) is 0 Å². The van der Waals surface area contributed by atoms with E-state index in [0.29, 0.717) is 5.56 Å². The van der Waals surface area contributed by atoms with Crippen LogP contribution in [-0.2, 0) is 19.2 Å². The van der Waals surface area contributed by atoms with E-state index in [9.17, 15) is 25.0 Å². The number of benzene rings is 1. The van der Waals surface area contributed by atoms with Gasteiger partial charge in [-0.2, -0.15) is 0 Å². The largest absolute Gasteiger partial charge is 0.508 e. The Labute approximate surface area is 135 Å². The number of rotatable bonds is 10. The lowest BCUT2D eigenvalue weighted by Crippen LogP contribution is -2.26. The van der Waals surface area contributed by atoms with E-state index in [1.165, 1.54) is 18.2 Å². The third kappa shape index (κ3) is 8.17. The summed E-state index contributed by atoms with van der Waals surface area (Å²) in [5, 5.41) is 27.2. The molecule has 24 heavy (non-hydrogen) atoms. The zero-order valence-corrected chi connectivity index (χ0v) is 12.3. The number of nitrogens with zero attached hydrogens (tertiary/aromatic N) is 2. The van der Waals surface area contributed by atoms with Crippen LogP contribution in [0.2, 0.25) is 0 Å². The van der Waals surface area contributed by atoms with Crippen molar-refractivity contribution >= 4 is 12.0 Å². The first-order valence-electron chi connectivity index (χ1n) is 6.59. The summed E-state index contributed by atoms with van der Waals surface area (Å²) in [6.45, 7) is -0.910. The highest BCUT2D eigenvalue weighted by Gasteiger charge is 2.16. The molecule has 0 amide bonds. The lowest BCUT2D eigenvalue weighted by molar-refractivity contribution is -0.790. The van der Waals surface area contributed by atoms with Crippen molar-refractivity contribution in [3.63, 3.8) is 0 Å². The lowest BCUT2D eigenvalue weighted by atomic mass is 10.2. The SMILES string of the molecule is O=C(/C=C/c1ccc(O)cc1)OCCC(CO[N+](=O)[O-])O[N+](=O)[O-]. The van der Waals surface area contributed by atoms with Crippen LogP contribution in [0.15, 0.2) is 30.3 Å². The molecule has 1 aromatic rings. The summed E-state index contributed by atoms with van der Waals surface area (Å²) in [4.78, 5) is 40.0. The zero-order chi connectivity index (χ0) is 17.9. The van der Waals surface area contributed by atoms with Crippen molar-refractivity contribution in [1.82, 2.24) is 0 Å². The number of esters is 1. The van der Waals surface area contributed by atoms with Crippen LogP contribution in [-0.4, -0.2) is 40.6 Å². The first kappa shape index (κ1) is 18.7. The first-order valence-corrected chi connectivity index (χ1v) is 6.59. The van der Waals surface area contributed by atoms with Crippen LogP contribution in [0.3, 0.4) is 0 Å². The molecule has 0 saturated carbocycles. The summed E-state index contributed by atoms with van der Waals surface area (Å²) in [7, 11) is 0. The van der Waals surface area contributed by atoms with Gasteiger partial charge in [0.15, 0.2) is 0 Å². The van der Waals surface area contributed by atoms with Crippen molar-refractivity contribution in [3.8, 4) is 5.75 Å². The quantitative estimate of drug-likeness (QED) is 0.285. The van der Waals surface area contributed by atoms with Crippen LogP contribution in [0.1, 0.15) is 12.0 Å². The minimum Gasteiger partial charge on any atom is -0.508 e. The van der Waals surface area contributed by atoms with Crippen molar-refractivity contribution < 1.29 is 34.5 Å². The molecule has 0 heterocycles. The molecule has 0 aliphatic carbocycles. The smallest absolute Gasteiger partial charge is 0.330 e. The Morgan fingerprint density at radius 3 is 2.46 bits per heavy atom. The van der Waals surface area contributed by atoms with E-state index in [-0.39, 0.29) is 18.8 Å². The van der Waals surface area contributed by atoms with Gasteiger partial charge >= 0.3 is 5.97 Å². The molecule has 130 valence electrons. The summed E-state index contributed by atoms with van der Waals surface area (Å²) in [6.07, 6.45) is 1.18. The highest BCUT2D eigenvalue weighted by atomic mass is 17.0. The Hall–Kier alpha value is -3.37. The van der Waals surface area contributed by atoms with Gasteiger partial charge in [-0.3, -0.25) is 0 Å². The molecular weight excluding hydrogens is 328 g/mol. The van der Waals surface area contributed by atoms with Crippen LogP contribution in [0.5, 0.6) is 5.75 Å². The summed E-state index contributed by atoms with van der Waals surface area (Å²) in [5.41, 5.74) is 0.652. The van der Waals surface area contributed by atoms with Gasteiger partial charge in [0.25, 0.3) is 10.2 Å². The maximum absolute atomic E-state index is 11.5. The Morgan fingerprint density at radius 2 is 1.88 bits per heavy atom. The van der Waals surface area contributed by atoms with Gasteiger partial charge in [-0.05, 0) is 23.8 Å². The second kappa shape index (κ2) is 9.61. The van der Waals surface area contributed by atoms with Gasteiger partial charge in [0.2, 0.25) is 0 Å². The van der Waals surface area contributed by atoms with E-state index >= 15 is 0 Å². The van der Waals surface area contributed by atoms with Gasteiger partial charge in [-0.15, -0.1) is 20.2 Å². The lowest BCUT2D eigenvalue weighted by Gasteiger charge is -2.13. The standard InChI is InChI=1S/C13H14N2O9/c16-11-4-1-10(2-5-11)3-6-13(17)22-8-7-12(24-15(20)21)9-23-14(18)19/h1-6,12,16H,7-9H2/b6-3+. The Bertz CT molecular complexity index is 600. The Morgan fingerprint density at radius 1 is 1.21 bits per heavy atom. The third-order valence-corrected chi connectivity index (χ3v) is 2.59. The minimum absolute atomic E-state index is 0.0866. The fourth-order valence-corrected chi connectivity index (χ4v) is 1.52. The summed E-state index contributed by atoms with van der Waals surface area (Å²) < 4.78 is 4.80. The fraction of sp³-hybridized carbons (Fsp3) is 0.308. The van der Waals surface area contributed by atoms with E-state index in [1.54, 1.807) is 12.1 Å². The van der Waals surface area contributed by atoms with Gasteiger partial charge in [-0.25, -0.2) is 4.79 Å². The van der Waals surface area contributed by atoms with Crippen molar-refractivity contribution in [2.75, 3.05) is 13.2 Å². The average Bonchev–Trinajstić information content (AvgIpc) is 2.51.